The number of aromatic nitrogens is 2. The molecule has 0 spiro atoms. The van der Waals surface area contributed by atoms with Crippen molar-refractivity contribution in [3.63, 3.8) is 0 Å². The molecule has 3 aromatic rings. The van der Waals surface area contributed by atoms with Crippen LogP contribution in [0.15, 0.2) is 65.7 Å². The molecule has 1 heterocycles. The van der Waals surface area contributed by atoms with Crippen LogP contribution in [0.1, 0.15) is 22.8 Å². The van der Waals surface area contributed by atoms with Gasteiger partial charge in [-0.15, -0.1) is 0 Å². The molecule has 0 saturated heterocycles. The van der Waals surface area contributed by atoms with Crippen molar-refractivity contribution < 1.29 is 27.6 Å². The van der Waals surface area contributed by atoms with E-state index in [1.807, 2.05) is 0 Å². The Bertz CT molecular complexity index is 1300. The molecule has 0 aliphatic carbocycles. The van der Waals surface area contributed by atoms with Crippen LogP contribution in [0.3, 0.4) is 0 Å². The van der Waals surface area contributed by atoms with E-state index < -0.39 is 23.2 Å². The minimum absolute atomic E-state index is 0.111. The van der Waals surface area contributed by atoms with Crippen molar-refractivity contribution in [3.05, 3.63) is 82.4 Å². The summed E-state index contributed by atoms with van der Waals surface area (Å²) in [6, 6.07) is 11.6. The summed E-state index contributed by atoms with van der Waals surface area (Å²) >= 11 is 0. The highest BCUT2D eigenvalue weighted by Gasteiger charge is 2.30. The number of hydrogen-bond donors (Lipinski definition) is 3. The zero-order valence-electron chi connectivity index (χ0n) is 19.1. The SMILES string of the molecule is CC(=O)Nc1ccc(C(=O)NCCNC(=O)Cn2cnc(-c3ccc(C(F)(F)F)cc3)cc2=O)cc1. The van der Waals surface area contributed by atoms with Gasteiger partial charge in [0.05, 0.1) is 17.6 Å². The van der Waals surface area contributed by atoms with Crippen LogP contribution in [-0.2, 0) is 22.3 Å². The second-order valence-corrected chi connectivity index (χ2v) is 7.68. The van der Waals surface area contributed by atoms with Gasteiger partial charge in [0.25, 0.3) is 11.5 Å². The molecule has 0 unspecified atom stereocenters. The molecule has 0 bridgehead atoms. The summed E-state index contributed by atoms with van der Waals surface area (Å²) in [5.74, 6) is -1.08. The van der Waals surface area contributed by atoms with E-state index >= 15 is 0 Å². The van der Waals surface area contributed by atoms with Gasteiger partial charge in [-0.25, -0.2) is 4.98 Å². The summed E-state index contributed by atoms with van der Waals surface area (Å²) < 4.78 is 39.1. The maximum absolute atomic E-state index is 12.7. The maximum atomic E-state index is 12.7. The number of nitrogens with one attached hydrogen (secondary N) is 3. The van der Waals surface area contributed by atoms with Gasteiger partial charge in [0.2, 0.25) is 11.8 Å². The van der Waals surface area contributed by atoms with Gasteiger partial charge in [-0.2, -0.15) is 13.2 Å². The molecule has 188 valence electrons. The van der Waals surface area contributed by atoms with Crippen LogP contribution in [0.5, 0.6) is 0 Å². The molecule has 1 aromatic heterocycles. The smallest absolute Gasteiger partial charge is 0.353 e. The summed E-state index contributed by atoms with van der Waals surface area (Å²) in [7, 11) is 0. The number of rotatable bonds is 8. The highest BCUT2D eigenvalue weighted by atomic mass is 19.4. The first-order valence-electron chi connectivity index (χ1n) is 10.7. The van der Waals surface area contributed by atoms with Gasteiger partial charge < -0.3 is 16.0 Å². The number of anilines is 1. The van der Waals surface area contributed by atoms with Crippen molar-refractivity contribution in [3.8, 4) is 11.3 Å². The van der Waals surface area contributed by atoms with Crippen molar-refractivity contribution in [2.24, 2.45) is 0 Å². The van der Waals surface area contributed by atoms with Gasteiger partial charge in [-0.3, -0.25) is 23.7 Å². The highest BCUT2D eigenvalue weighted by Crippen LogP contribution is 2.30. The number of amides is 3. The number of benzene rings is 2. The second-order valence-electron chi connectivity index (χ2n) is 7.68. The lowest BCUT2D eigenvalue weighted by Crippen LogP contribution is -2.37. The number of hydrogen-bond acceptors (Lipinski definition) is 5. The van der Waals surface area contributed by atoms with Gasteiger partial charge in [0.15, 0.2) is 0 Å². The van der Waals surface area contributed by atoms with Crippen molar-refractivity contribution in [2.75, 3.05) is 18.4 Å². The normalized spacial score (nSPS) is 11.0. The first-order valence-corrected chi connectivity index (χ1v) is 10.7. The summed E-state index contributed by atoms with van der Waals surface area (Å²) in [6.07, 6.45) is -3.33. The predicted octanol–water partition coefficient (Wildman–Crippen LogP) is 2.43. The molecule has 9 nitrogen and oxygen atoms in total. The van der Waals surface area contributed by atoms with E-state index in [2.05, 4.69) is 20.9 Å². The Morgan fingerprint density at radius 1 is 0.944 bits per heavy atom. The molecule has 3 amide bonds. The van der Waals surface area contributed by atoms with E-state index in [1.54, 1.807) is 24.3 Å². The predicted molar refractivity (Wildman–Crippen MR) is 125 cm³/mol. The van der Waals surface area contributed by atoms with Crippen LogP contribution in [0.2, 0.25) is 0 Å². The highest BCUT2D eigenvalue weighted by molar-refractivity contribution is 5.95. The largest absolute Gasteiger partial charge is 0.416 e. The lowest BCUT2D eigenvalue weighted by atomic mass is 10.1. The van der Waals surface area contributed by atoms with Crippen LogP contribution < -0.4 is 21.5 Å². The third-order valence-electron chi connectivity index (χ3n) is 4.90. The zero-order chi connectivity index (χ0) is 26.3. The summed E-state index contributed by atoms with van der Waals surface area (Å²) in [5, 5.41) is 7.80. The lowest BCUT2D eigenvalue weighted by Gasteiger charge is -2.10. The van der Waals surface area contributed by atoms with Crippen molar-refractivity contribution in [1.82, 2.24) is 20.2 Å². The van der Waals surface area contributed by atoms with Gasteiger partial charge >= 0.3 is 6.18 Å². The van der Waals surface area contributed by atoms with Crippen molar-refractivity contribution in [2.45, 2.75) is 19.6 Å². The molecule has 12 heteroatoms. The summed E-state index contributed by atoms with van der Waals surface area (Å²) in [4.78, 5) is 51.7. The minimum Gasteiger partial charge on any atom is -0.353 e. The number of nitrogens with zero attached hydrogens (tertiary/aromatic N) is 2. The van der Waals surface area contributed by atoms with Crippen LogP contribution in [0, 0.1) is 0 Å². The number of carbonyl (C=O) groups excluding carboxylic acids is 3. The van der Waals surface area contributed by atoms with E-state index in [0.717, 1.165) is 29.1 Å². The molecule has 3 N–H and O–H groups in total. The van der Waals surface area contributed by atoms with E-state index in [9.17, 15) is 32.3 Å². The molecule has 2 aromatic carbocycles. The number of halogens is 3. The Kier molecular flexibility index (Phi) is 8.20. The molecule has 0 saturated carbocycles. The van der Waals surface area contributed by atoms with Gasteiger partial charge in [0, 0.05) is 42.9 Å². The maximum Gasteiger partial charge on any atom is 0.416 e. The van der Waals surface area contributed by atoms with Crippen LogP contribution in [0.25, 0.3) is 11.3 Å². The summed E-state index contributed by atoms with van der Waals surface area (Å²) in [5.41, 5.74) is 0.0819. The summed E-state index contributed by atoms with van der Waals surface area (Å²) in [6.45, 7) is 1.30. The topological polar surface area (TPSA) is 122 Å². The number of alkyl halides is 3. The fourth-order valence-electron chi connectivity index (χ4n) is 3.13. The van der Waals surface area contributed by atoms with Gasteiger partial charge in [-0.05, 0) is 36.4 Å². The van der Waals surface area contributed by atoms with Crippen molar-refractivity contribution in [1.29, 1.82) is 0 Å². The van der Waals surface area contributed by atoms with E-state index in [4.69, 9.17) is 0 Å². The Hall–Kier alpha value is -4.48. The Morgan fingerprint density at radius 3 is 2.17 bits per heavy atom. The Morgan fingerprint density at radius 2 is 1.58 bits per heavy atom. The van der Waals surface area contributed by atoms with E-state index in [-0.39, 0.29) is 37.1 Å². The first-order chi connectivity index (χ1) is 17.0. The molecular formula is C24H22F3N5O4. The van der Waals surface area contributed by atoms with Crippen LogP contribution >= 0.6 is 0 Å². The fraction of sp³-hybridized carbons (Fsp3) is 0.208. The van der Waals surface area contributed by atoms with E-state index in [0.29, 0.717) is 16.8 Å². The van der Waals surface area contributed by atoms with Gasteiger partial charge in [-0.1, -0.05) is 12.1 Å². The fourth-order valence-corrected chi connectivity index (χ4v) is 3.13. The Labute approximate surface area is 203 Å². The molecule has 0 radical (unpaired) electrons. The Balaban J connectivity index is 1.47. The first kappa shape index (κ1) is 26.1. The van der Waals surface area contributed by atoms with Gasteiger partial charge in [0.1, 0.15) is 6.54 Å². The molecule has 0 aliphatic rings. The quantitative estimate of drug-likeness (QED) is 0.410. The molecule has 0 fully saturated rings. The van der Waals surface area contributed by atoms with Crippen molar-refractivity contribution >= 4 is 23.4 Å². The average Bonchev–Trinajstić information content (AvgIpc) is 2.82. The molecular weight excluding hydrogens is 479 g/mol. The standard InChI is InChI=1S/C24H22F3N5O4/c1-15(33)31-19-8-4-17(5-9-19)23(36)29-11-10-28-21(34)13-32-14-30-20(12-22(32)35)16-2-6-18(7-3-16)24(25,26)27/h2-9,12,14H,10-11,13H2,1H3,(H,28,34)(H,29,36)(H,31,33). The van der Waals surface area contributed by atoms with Crippen LogP contribution in [0.4, 0.5) is 18.9 Å². The molecule has 0 atom stereocenters. The molecule has 36 heavy (non-hydrogen) atoms. The van der Waals surface area contributed by atoms with E-state index in [1.165, 1.54) is 19.1 Å². The zero-order valence-corrected chi connectivity index (χ0v) is 19.1. The molecule has 0 aliphatic heterocycles. The second kappa shape index (κ2) is 11.3. The monoisotopic (exact) mass is 501 g/mol. The third kappa shape index (κ3) is 7.26. The molecule has 3 rings (SSSR count). The number of carbonyl (C=O) groups is 3. The third-order valence-corrected chi connectivity index (χ3v) is 4.90. The lowest BCUT2D eigenvalue weighted by molar-refractivity contribution is -0.137. The minimum atomic E-state index is -4.47. The van der Waals surface area contributed by atoms with Crippen LogP contribution in [-0.4, -0.2) is 40.4 Å². The average molecular weight is 501 g/mol.